The van der Waals surface area contributed by atoms with Crippen molar-refractivity contribution in [2.45, 2.75) is 31.7 Å². The zero-order valence-corrected chi connectivity index (χ0v) is 14.9. The van der Waals surface area contributed by atoms with Crippen molar-refractivity contribution in [1.82, 2.24) is 15.5 Å². The molecule has 2 aromatic rings. The van der Waals surface area contributed by atoms with Crippen molar-refractivity contribution < 1.29 is 18.0 Å². The Morgan fingerprint density at radius 3 is 2.50 bits per heavy atom. The highest BCUT2D eigenvalue weighted by Crippen LogP contribution is 2.33. The molecular weight excluding hydrogens is 342 g/mol. The van der Waals surface area contributed by atoms with E-state index in [9.17, 15) is 8.78 Å². The number of hydrogen-bond donors (Lipinski definition) is 1. The molecule has 140 valence electrons. The Labute approximate surface area is 150 Å². The van der Waals surface area contributed by atoms with Gasteiger partial charge in [-0.15, -0.1) is 0 Å². The standard InChI is InChI=1S/C18H22F2N4O2/c1-18(2)9-12(10-21-18)17-22-16(23-26-17)11-7-13(19)15(14(20)8-11)24-3-5-25-6-4-24/h7-8,12,21H,3-6,9-10H2,1-2H3. The smallest absolute Gasteiger partial charge is 0.231 e. The number of hydrogen-bond acceptors (Lipinski definition) is 6. The van der Waals surface area contributed by atoms with Gasteiger partial charge < -0.3 is 19.5 Å². The molecule has 26 heavy (non-hydrogen) atoms. The lowest BCUT2D eigenvalue weighted by atomic mass is 9.97. The molecule has 0 saturated carbocycles. The molecule has 6 nitrogen and oxygen atoms in total. The maximum atomic E-state index is 14.6. The van der Waals surface area contributed by atoms with Crippen molar-refractivity contribution >= 4 is 5.69 Å². The average molecular weight is 364 g/mol. The van der Waals surface area contributed by atoms with Crippen molar-refractivity contribution in [3.63, 3.8) is 0 Å². The Morgan fingerprint density at radius 1 is 1.19 bits per heavy atom. The summed E-state index contributed by atoms with van der Waals surface area (Å²) in [6, 6.07) is 2.53. The highest BCUT2D eigenvalue weighted by molar-refractivity contribution is 5.62. The third-order valence-corrected chi connectivity index (χ3v) is 4.98. The van der Waals surface area contributed by atoms with Crippen molar-refractivity contribution in [3.05, 3.63) is 29.7 Å². The molecule has 1 aromatic heterocycles. The molecule has 3 heterocycles. The van der Waals surface area contributed by atoms with E-state index >= 15 is 0 Å². The fourth-order valence-electron chi connectivity index (χ4n) is 3.64. The van der Waals surface area contributed by atoms with Crippen LogP contribution in [0, 0.1) is 11.6 Å². The summed E-state index contributed by atoms with van der Waals surface area (Å²) < 4.78 is 39.7. The van der Waals surface area contributed by atoms with Crippen LogP contribution in [-0.4, -0.2) is 48.5 Å². The van der Waals surface area contributed by atoms with Gasteiger partial charge in [-0.2, -0.15) is 4.98 Å². The minimum Gasteiger partial charge on any atom is -0.378 e. The second kappa shape index (κ2) is 6.59. The molecule has 8 heteroatoms. The molecule has 4 rings (SSSR count). The monoisotopic (exact) mass is 364 g/mol. The van der Waals surface area contributed by atoms with Crippen molar-refractivity contribution in [1.29, 1.82) is 0 Å². The van der Waals surface area contributed by atoms with Crippen LogP contribution in [-0.2, 0) is 4.74 Å². The molecule has 1 N–H and O–H groups in total. The molecule has 2 aliphatic rings. The van der Waals surface area contributed by atoms with Gasteiger partial charge in [-0.3, -0.25) is 0 Å². The number of nitrogens with one attached hydrogen (secondary N) is 1. The number of morpholine rings is 1. The highest BCUT2D eigenvalue weighted by atomic mass is 19.1. The second-order valence-corrected chi connectivity index (χ2v) is 7.51. The van der Waals surface area contributed by atoms with Crippen LogP contribution in [0.3, 0.4) is 0 Å². The summed E-state index contributed by atoms with van der Waals surface area (Å²) in [5.74, 6) is -0.449. The SMILES string of the molecule is CC1(C)CC(c2nc(-c3cc(F)c(N4CCOCC4)c(F)c3)no2)CN1. The number of ether oxygens (including phenoxy) is 1. The predicted molar refractivity (Wildman–Crippen MR) is 92.1 cm³/mol. The summed E-state index contributed by atoms with van der Waals surface area (Å²) in [6.45, 7) is 6.81. The minimum absolute atomic E-state index is 0.0112. The molecule has 0 radical (unpaired) electrons. The zero-order chi connectivity index (χ0) is 18.3. The fourth-order valence-corrected chi connectivity index (χ4v) is 3.64. The van der Waals surface area contributed by atoms with Crippen LogP contribution >= 0.6 is 0 Å². The van der Waals surface area contributed by atoms with E-state index in [1.165, 1.54) is 12.1 Å². The van der Waals surface area contributed by atoms with Crippen LogP contribution in [0.15, 0.2) is 16.7 Å². The number of rotatable bonds is 3. The summed E-state index contributed by atoms with van der Waals surface area (Å²) in [6.07, 6.45) is 0.868. The lowest BCUT2D eigenvalue weighted by molar-refractivity contribution is 0.122. The van der Waals surface area contributed by atoms with Crippen LogP contribution in [0.25, 0.3) is 11.4 Å². The topological polar surface area (TPSA) is 63.4 Å². The summed E-state index contributed by atoms with van der Waals surface area (Å²) in [5.41, 5.74) is 0.261. The van der Waals surface area contributed by atoms with Gasteiger partial charge in [0.15, 0.2) is 0 Å². The lowest BCUT2D eigenvalue weighted by Crippen LogP contribution is -2.37. The Kier molecular flexibility index (Phi) is 4.40. The molecule has 0 spiro atoms. The summed E-state index contributed by atoms with van der Waals surface area (Å²) in [7, 11) is 0. The number of nitrogens with zero attached hydrogens (tertiary/aromatic N) is 3. The third kappa shape index (κ3) is 3.31. The first-order valence-electron chi connectivity index (χ1n) is 8.84. The van der Waals surface area contributed by atoms with Gasteiger partial charge in [0.25, 0.3) is 0 Å². The average Bonchev–Trinajstić information content (AvgIpc) is 3.21. The molecule has 2 fully saturated rings. The van der Waals surface area contributed by atoms with E-state index in [0.717, 1.165) is 13.0 Å². The van der Waals surface area contributed by atoms with E-state index < -0.39 is 11.6 Å². The van der Waals surface area contributed by atoms with E-state index in [-0.39, 0.29) is 28.5 Å². The van der Waals surface area contributed by atoms with E-state index in [1.54, 1.807) is 4.90 Å². The molecule has 1 unspecified atom stereocenters. The highest BCUT2D eigenvalue weighted by Gasteiger charge is 2.34. The molecule has 0 amide bonds. The fraction of sp³-hybridized carbons (Fsp3) is 0.556. The maximum absolute atomic E-state index is 14.6. The van der Waals surface area contributed by atoms with Gasteiger partial charge in [-0.05, 0) is 32.4 Å². The van der Waals surface area contributed by atoms with Crippen molar-refractivity contribution in [2.24, 2.45) is 0 Å². The van der Waals surface area contributed by atoms with E-state index in [1.807, 2.05) is 0 Å². The molecule has 0 aliphatic carbocycles. The van der Waals surface area contributed by atoms with Crippen LogP contribution in [0.5, 0.6) is 0 Å². The molecule has 0 bridgehead atoms. The predicted octanol–water partition coefficient (Wildman–Crippen LogP) is 2.71. The van der Waals surface area contributed by atoms with Gasteiger partial charge in [0.1, 0.15) is 17.3 Å². The Morgan fingerprint density at radius 2 is 1.88 bits per heavy atom. The maximum Gasteiger partial charge on any atom is 0.231 e. The van der Waals surface area contributed by atoms with Gasteiger partial charge in [0.2, 0.25) is 11.7 Å². The first-order valence-corrected chi connectivity index (χ1v) is 8.84. The van der Waals surface area contributed by atoms with E-state index in [2.05, 4.69) is 29.3 Å². The molecule has 2 aliphatic heterocycles. The van der Waals surface area contributed by atoms with Crippen LogP contribution in [0.2, 0.25) is 0 Å². The van der Waals surface area contributed by atoms with E-state index in [0.29, 0.717) is 32.2 Å². The molecule has 1 aromatic carbocycles. The van der Waals surface area contributed by atoms with Gasteiger partial charge >= 0.3 is 0 Å². The van der Waals surface area contributed by atoms with Gasteiger partial charge in [-0.25, -0.2) is 8.78 Å². The zero-order valence-electron chi connectivity index (χ0n) is 14.9. The largest absolute Gasteiger partial charge is 0.378 e. The Bertz CT molecular complexity index is 779. The number of anilines is 1. The summed E-state index contributed by atoms with van der Waals surface area (Å²) >= 11 is 0. The quantitative estimate of drug-likeness (QED) is 0.904. The van der Waals surface area contributed by atoms with Crippen LogP contribution in [0.4, 0.5) is 14.5 Å². The number of aromatic nitrogens is 2. The Hall–Kier alpha value is -2.06. The molecule has 1 atom stereocenters. The normalized spacial score (nSPS) is 22.8. The summed E-state index contributed by atoms with van der Waals surface area (Å²) in [4.78, 5) is 6.03. The minimum atomic E-state index is -0.628. The van der Waals surface area contributed by atoms with Crippen LogP contribution in [0.1, 0.15) is 32.1 Å². The first-order chi connectivity index (χ1) is 12.4. The molecular formula is C18H22F2N4O2. The van der Waals surface area contributed by atoms with E-state index in [4.69, 9.17) is 9.26 Å². The lowest BCUT2D eigenvalue weighted by Gasteiger charge is -2.29. The number of benzene rings is 1. The van der Waals surface area contributed by atoms with Gasteiger partial charge in [0.05, 0.1) is 19.1 Å². The summed E-state index contributed by atoms with van der Waals surface area (Å²) in [5, 5.41) is 7.31. The number of halogens is 2. The van der Waals surface area contributed by atoms with Gasteiger partial charge in [0, 0.05) is 30.7 Å². The van der Waals surface area contributed by atoms with Crippen molar-refractivity contribution in [3.8, 4) is 11.4 Å². The van der Waals surface area contributed by atoms with Gasteiger partial charge in [-0.1, -0.05) is 5.16 Å². The van der Waals surface area contributed by atoms with Crippen LogP contribution < -0.4 is 10.2 Å². The first kappa shape index (κ1) is 17.4. The second-order valence-electron chi connectivity index (χ2n) is 7.51. The Balaban J connectivity index is 1.59. The van der Waals surface area contributed by atoms with Crippen molar-refractivity contribution in [2.75, 3.05) is 37.7 Å². The third-order valence-electron chi connectivity index (χ3n) is 4.98. The molecule has 2 saturated heterocycles.